The van der Waals surface area contributed by atoms with Crippen LogP contribution in [-0.2, 0) is 0 Å². The second kappa shape index (κ2) is 8.63. The van der Waals surface area contributed by atoms with Gasteiger partial charge in [0.1, 0.15) is 0 Å². The maximum absolute atomic E-state index is 4.53. The molecular formula is C13H26N6. The van der Waals surface area contributed by atoms with E-state index in [1.54, 1.807) is 6.20 Å². The van der Waals surface area contributed by atoms with Crippen molar-refractivity contribution in [2.45, 2.75) is 26.7 Å². The van der Waals surface area contributed by atoms with Gasteiger partial charge in [0, 0.05) is 26.2 Å². The molecule has 0 amide bonds. The van der Waals surface area contributed by atoms with Gasteiger partial charge in [-0.2, -0.15) is 10.1 Å². The van der Waals surface area contributed by atoms with Crippen LogP contribution in [0, 0.1) is 0 Å². The molecular weight excluding hydrogens is 240 g/mol. The molecule has 1 aromatic rings. The number of likely N-dealkylation sites (N-methyl/N-ethyl adjacent to an activating group) is 1. The molecule has 1 rings (SSSR count). The molecule has 0 unspecified atom stereocenters. The third-order valence-corrected chi connectivity index (χ3v) is 2.70. The fourth-order valence-electron chi connectivity index (χ4n) is 1.79. The monoisotopic (exact) mass is 266 g/mol. The highest BCUT2D eigenvalue weighted by atomic mass is 15.3. The van der Waals surface area contributed by atoms with Crippen LogP contribution in [-0.4, -0.2) is 60.4 Å². The standard InChI is InChI=1S/C13H26N6/c1-5-8-19(9-6-2)12-11-15-17-13(16-12)14-7-10-18(3)4/h11H,5-10H2,1-4H3,(H,14,16,17). The normalized spacial score (nSPS) is 10.8. The summed E-state index contributed by atoms with van der Waals surface area (Å²) in [5.74, 6) is 1.52. The molecule has 0 bridgehead atoms. The van der Waals surface area contributed by atoms with Crippen molar-refractivity contribution >= 4 is 11.8 Å². The minimum Gasteiger partial charge on any atom is -0.355 e. The number of anilines is 2. The van der Waals surface area contributed by atoms with E-state index in [0.29, 0.717) is 5.95 Å². The maximum Gasteiger partial charge on any atom is 0.244 e. The second-order valence-electron chi connectivity index (χ2n) is 4.86. The first-order valence-electron chi connectivity index (χ1n) is 7.00. The van der Waals surface area contributed by atoms with Gasteiger partial charge in [0.05, 0.1) is 6.20 Å². The van der Waals surface area contributed by atoms with Gasteiger partial charge < -0.3 is 15.1 Å². The van der Waals surface area contributed by atoms with E-state index in [4.69, 9.17) is 0 Å². The van der Waals surface area contributed by atoms with Crippen molar-refractivity contribution in [1.29, 1.82) is 0 Å². The number of hydrogen-bond acceptors (Lipinski definition) is 6. The van der Waals surface area contributed by atoms with Crippen molar-refractivity contribution < 1.29 is 0 Å². The van der Waals surface area contributed by atoms with Crippen LogP contribution in [0.3, 0.4) is 0 Å². The lowest BCUT2D eigenvalue weighted by Crippen LogP contribution is -2.27. The lowest BCUT2D eigenvalue weighted by Gasteiger charge is -2.22. The molecule has 0 aromatic carbocycles. The smallest absolute Gasteiger partial charge is 0.244 e. The van der Waals surface area contributed by atoms with Crippen molar-refractivity contribution in [3.8, 4) is 0 Å². The number of rotatable bonds is 9. The molecule has 0 aliphatic rings. The predicted octanol–water partition coefficient (Wildman–Crippen LogP) is 1.47. The molecule has 0 spiro atoms. The van der Waals surface area contributed by atoms with Gasteiger partial charge >= 0.3 is 0 Å². The molecule has 0 atom stereocenters. The number of aromatic nitrogens is 3. The Morgan fingerprint density at radius 1 is 1.11 bits per heavy atom. The quantitative estimate of drug-likeness (QED) is 0.730. The molecule has 0 saturated heterocycles. The summed E-state index contributed by atoms with van der Waals surface area (Å²) in [6, 6.07) is 0. The summed E-state index contributed by atoms with van der Waals surface area (Å²) in [7, 11) is 4.09. The Bertz CT molecular complexity index is 349. The minimum absolute atomic E-state index is 0.608. The molecule has 0 fully saturated rings. The Morgan fingerprint density at radius 2 is 1.79 bits per heavy atom. The van der Waals surface area contributed by atoms with Gasteiger partial charge in [-0.1, -0.05) is 13.8 Å². The molecule has 1 heterocycles. The van der Waals surface area contributed by atoms with Crippen LogP contribution in [0.2, 0.25) is 0 Å². The lowest BCUT2D eigenvalue weighted by molar-refractivity contribution is 0.425. The van der Waals surface area contributed by atoms with Crippen LogP contribution < -0.4 is 10.2 Å². The van der Waals surface area contributed by atoms with Crippen molar-refractivity contribution in [2.24, 2.45) is 0 Å². The molecule has 19 heavy (non-hydrogen) atoms. The Hall–Kier alpha value is -1.43. The van der Waals surface area contributed by atoms with Gasteiger partial charge in [0.25, 0.3) is 0 Å². The van der Waals surface area contributed by atoms with Gasteiger partial charge in [-0.3, -0.25) is 0 Å². The molecule has 6 nitrogen and oxygen atoms in total. The molecule has 0 aliphatic heterocycles. The highest BCUT2D eigenvalue weighted by Crippen LogP contribution is 2.11. The van der Waals surface area contributed by atoms with Gasteiger partial charge in [-0.15, -0.1) is 5.10 Å². The van der Waals surface area contributed by atoms with E-state index in [9.17, 15) is 0 Å². The van der Waals surface area contributed by atoms with Gasteiger partial charge in [0.2, 0.25) is 5.95 Å². The van der Waals surface area contributed by atoms with Crippen molar-refractivity contribution in [3.05, 3.63) is 6.20 Å². The Morgan fingerprint density at radius 3 is 2.37 bits per heavy atom. The highest BCUT2D eigenvalue weighted by Gasteiger charge is 2.08. The second-order valence-corrected chi connectivity index (χ2v) is 4.86. The molecule has 6 heteroatoms. The summed E-state index contributed by atoms with van der Waals surface area (Å²) < 4.78 is 0. The highest BCUT2D eigenvalue weighted by molar-refractivity contribution is 5.40. The first kappa shape index (κ1) is 15.6. The maximum atomic E-state index is 4.53. The topological polar surface area (TPSA) is 57.2 Å². The lowest BCUT2D eigenvalue weighted by atomic mass is 10.3. The third-order valence-electron chi connectivity index (χ3n) is 2.70. The van der Waals surface area contributed by atoms with Crippen molar-refractivity contribution in [2.75, 3.05) is 50.5 Å². The van der Waals surface area contributed by atoms with E-state index >= 15 is 0 Å². The Labute approximate surface area is 116 Å². The van der Waals surface area contributed by atoms with E-state index in [1.165, 1.54) is 0 Å². The van der Waals surface area contributed by atoms with Crippen LogP contribution in [0.5, 0.6) is 0 Å². The minimum atomic E-state index is 0.608. The van der Waals surface area contributed by atoms with Gasteiger partial charge in [-0.25, -0.2) is 0 Å². The molecule has 1 aromatic heterocycles. The first-order chi connectivity index (χ1) is 9.17. The fraction of sp³-hybridized carbons (Fsp3) is 0.769. The summed E-state index contributed by atoms with van der Waals surface area (Å²) >= 11 is 0. The molecule has 108 valence electrons. The van der Waals surface area contributed by atoms with Crippen LogP contribution in [0.4, 0.5) is 11.8 Å². The van der Waals surface area contributed by atoms with Crippen molar-refractivity contribution in [3.63, 3.8) is 0 Å². The summed E-state index contributed by atoms with van der Waals surface area (Å²) in [4.78, 5) is 8.90. The van der Waals surface area contributed by atoms with Crippen LogP contribution in [0.15, 0.2) is 6.20 Å². The van der Waals surface area contributed by atoms with E-state index in [1.807, 2.05) is 14.1 Å². The zero-order valence-corrected chi connectivity index (χ0v) is 12.6. The summed E-state index contributed by atoms with van der Waals surface area (Å²) in [6.07, 6.45) is 3.95. The van der Waals surface area contributed by atoms with E-state index < -0.39 is 0 Å². The number of nitrogens with one attached hydrogen (secondary N) is 1. The zero-order valence-electron chi connectivity index (χ0n) is 12.6. The fourth-order valence-corrected chi connectivity index (χ4v) is 1.79. The number of nitrogens with zero attached hydrogens (tertiary/aromatic N) is 5. The zero-order chi connectivity index (χ0) is 14.1. The SMILES string of the molecule is CCCN(CCC)c1cnnc(NCCN(C)C)n1. The van der Waals surface area contributed by atoms with Crippen LogP contribution in [0.25, 0.3) is 0 Å². The predicted molar refractivity (Wildman–Crippen MR) is 79.7 cm³/mol. The van der Waals surface area contributed by atoms with E-state index in [2.05, 4.69) is 44.1 Å². The molecule has 1 N–H and O–H groups in total. The molecule has 0 aliphatic carbocycles. The summed E-state index contributed by atoms with van der Waals surface area (Å²) in [5.41, 5.74) is 0. The number of hydrogen-bond donors (Lipinski definition) is 1. The molecule has 0 saturated carbocycles. The Balaban J connectivity index is 2.63. The summed E-state index contributed by atoms with van der Waals surface area (Å²) in [5, 5.41) is 11.3. The summed E-state index contributed by atoms with van der Waals surface area (Å²) in [6.45, 7) is 8.12. The average Bonchev–Trinajstić information content (AvgIpc) is 2.38. The molecule has 0 radical (unpaired) electrons. The van der Waals surface area contributed by atoms with E-state index in [0.717, 1.165) is 44.8 Å². The van der Waals surface area contributed by atoms with Crippen molar-refractivity contribution in [1.82, 2.24) is 20.1 Å². The van der Waals surface area contributed by atoms with E-state index in [-0.39, 0.29) is 0 Å². The largest absolute Gasteiger partial charge is 0.355 e. The van der Waals surface area contributed by atoms with Gasteiger partial charge in [0.15, 0.2) is 5.82 Å². The van der Waals surface area contributed by atoms with Gasteiger partial charge in [-0.05, 0) is 26.9 Å². The Kier molecular flexibility index (Phi) is 7.10. The first-order valence-corrected chi connectivity index (χ1v) is 7.00. The third kappa shape index (κ3) is 5.83. The van der Waals surface area contributed by atoms with Crippen LogP contribution >= 0.6 is 0 Å². The average molecular weight is 266 g/mol. The van der Waals surface area contributed by atoms with Crippen LogP contribution in [0.1, 0.15) is 26.7 Å².